The van der Waals surface area contributed by atoms with Gasteiger partial charge in [0.05, 0.1) is 11.9 Å². The van der Waals surface area contributed by atoms with Crippen LogP contribution in [0.25, 0.3) is 10.4 Å². The molecule has 10 heteroatoms. The SMILES string of the molecule is CN1C(N)c2ccc(-c3cccs3)cc2N(OC(=O)C(F)(F)F)C1N. The molecule has 2 aromatic rings. The molecule has 0 saturated carbocycles. The van der Waals surface area contributed by atoms with E-state index in [1.807, 2.05) is 17.5 Å². The highest BCUT2D eigenvalue weighted by molar-refractivity contribution is 7.13. The number of alkyl halides is 3. The van der Waals surface area contributed by atoms with Gasteiger partial charge in [0.2, 0.25) is 0 Å². The van der Waals surface area contributed by atoms with Gasteiger partial charge in [-0.15, -0.1) is 11.3 Å². The summed E-state index contributed by atoms with van der Waals surface area (Å²) in [6, 6.07) is 8.82. The summed E-state index contributed by atoms with van der Waals surface area (Å²) >= 11 is 1.47. The molecule has 0 bridgehead atoms. The van der Waals surface area contributed by atoms with Gasteiger partial charge in [0.15, 0.2) is 6.29 Å². The van der Waals surface area contributed by atoms with Crippen molar-refractivity contribution in [3.8, 4) is 10.4 Å². The first kappa shape index (κ1) is 17.7. The van der Waals surface area contributed by atoms with Crippen LogP contribution in [0.15, 0.2) is 35.7 Å². The Morgan fingerprint density at radius 3 is 2.60 bits per heavy atom. The second-order valence-corrected chi connectivity index (χ2v) is 6.42. The quantitative estimate of drug-likeness (QED) is 0.842. The largest absolute Gasteiger partial charge is 0.493 e. The van der Waals surface area contributed by atoms with Crippen LogP contribution in [0, 0.1) is 0 Å². The van der Waals surface area contributed by atoms with Crippen LogP contribution in [-0.4, -0.2) is 30.4 Å². The highest BCUT2D eigenvalue weighted by Gasteiger charge is 2.45. The van der Waals surface area contributed by atoms with Crippen LogP contribution in [0.4, 0.5) is 18.9 Å². The summed E-state index contributed by atoms with van der Waals surface area (Å²) in [5.74, 6) is -2.35. The Kier molecular flexibility index (Phi) is 4.45. The molecule has 2 unspecified atom stereocenters. The van der Waals surface area contributed by atoms with Crippen molar-refractivity contribution >= 4 is 23.0 Å². The van der Waals surface area contributed by atoms with Crippen LogP contribution in [0.2, 0.25) is 0 Å². The van der Waals surface area contributed by atoms with Crippen LogP contribution >= 0.6 is 11.3 Å². The fraction of sp³-hybridized carbons (Fsp3) is 0.267. The lowest BCUT2D eigenvalue weighted by Crippen LogP contribution is -2.60. The van der Waals surface area contributed by atoms with E-state index < -0.39 is 24.6 Å². The van der Waals surface area contributed by atoms with Crippen molar-refractivity contribution in [2.75, 3.05) is 12.1 Å². The molecule has 0 spiro atoms. The summed E-state index contributed by atoms with van der Waals surface area (Å²) < 4.78 is 37.8. The number of rotatable bonds is 2. The maximum Gasteiger partial charge on any atom is 0.493 e. The number of anilines is 1. The highest BCUT2D eigenvalue weighted by atomic mass is 32.1. The molecule has 0 fully saturated rings. The molecule has 0 saturated heterocycles. The molecule has 2 atom stereocenters. The average molecular weight is 372 g/mol. The number of hydroxylamine groups is 1. The van der Waals surface area contributed by atoms with E-state index in [0.717, 1.165) is 15.5 Å². The van der Waals surface area contributed by atoms with Crippen LogP contribution < -0.4 is 16.5 Å². The van der Waals surface area contributed by atoms with E-state index >= 15 is 0 Å². The third-order valence-corrected chi connectivity index (χ3v) is 4.82. The topological polar surface area (TPSA) is 84.8 Å². The molecule has 1 aliphatic heterocycles. The van der Waals surface area contributed by atoms with Crippen molar-refractivity contribution in [1.82, 2.24) is 4.90 Å². The Balaban J connectivity index is 2.05. The summed E-state index contributed by atoms with van der Waals surface area (Å²) in [4.78, 5) is 18.1. The predicted molar refractivity (Wildman–Crippen MR) is 87.0 cm³/mol. The van der Waals surface area contributed by atoms with Gasteiger partial charge in [-0.2, -0.15) is 18.2 Å². The Morgan fingerprint density at radius 2 is 2.00 bits per heavy atom. The molecule has 25 heavy (non-hydrogen) atoms. The standard InChI is InChI=1S/C15H15F3N4O2S/c1-21-12(19)9-5-4-8(11-3-2-6-25-11)7-10(9)22(14(21)20)24-13(23)15(16,17)18/h2-7,12,14H,19-20H2,1H3. The molecule has 6 nitrogen and oxygen atoms in total. The van der Waals surface area contributed by atoms with Gasteiger partial charge in [0, 0.05) is 10.4 Å². The lowest BCUT2D eigenvalue weighted by Gasteiger charge is -2.43. The number of fused-ring (bicyclic) bond motifs is 1. The Bertz CT molecular complexity index is 782. The molecule has 1 aromatic carbocycles. The van der Waals surface area contributed by atoms with Crippen molar-refractivity contribution in [3.05, 3.63) is 41.3 Å². The molecule has 0 radical (unpaired) electrons. The van der Waals surface area contributed by atoms with E-state index in [0.29, 0.717) is 5.56 Å². The number of carbonyl (C=O) groups excluding carboxylic acids is 1. The van der Waals surface area contributed by atoms with Gasteiger partial charge in [0.25, 0.3) is 0 Å². The zero-order chi connectivity index (χ0) is 18.4. The molecule has 3 rings (SSSR count). The summed E-state index contributed by atoms with van der Waals surface area (Å²) in [7, 11) is 1.53. The minimum Gasteiger partial charge on any atom is -0.329 e. The summed E-state index contributed by atoms with van der Waals surface area (Å²) in [6.45, 7) is 0. The van der Waals surface area contributed by atoms with Gasteiger partial charge in [-0.05, 0) is 30.1 Å². The van der Waals surface area contributed by atoms with E-state index in [1.54, 1.807) is 18.2 Å². The molecular weight excluding hydrogens is 357 g/mol. The van der Waals surface area contributed by atoms with Gasteiger partial charge < -0.3 is 10.6 Å². The minimum atomic E-state index is -5.14. The first-order valence-electron chi connectivity index (χ1n) is 7.19. The van der Waals surface area contributed by atoms with Crippen molar-refractivity contribution < 1.29 is 22.8 Å². The average Bonchev–Trinajstić information content (AvgIpc) is 3.09. The second kappa shape index (κ2) is 6.30. The third kappa shape index (κ3) is 3.21. The third-order valence-electron chi connectivity index (χ3n) is 3.90. The van der Waals surface area contributed by atoms with Gasteiger partial charge in [-0.25, -0.2) is 4.79 Å². The fourth-order valence-corrected chi connectivity index (χ4v) is 3.24. The minimum absolute atomic E-state index is 0.224. The highest BCUT2D eigenvalue weighted by Crippen LogP contribution is 2.38. The molecule has 134 valence electrons. The Hall–Kier alpha value is -2.14. The van der Waals surface area contributed by atoms with Crippen molar-refractivity contribution in [3.63, 3.8) is 0 Å². The number of carbonyl (C=O) groups is 1. The number of thiophene rings is 1. The number of halogens is 3. The number of nitrogens with two attached hydrogens (primary N) is 2. The first-order chi connectivity index (χ1) is 11.7. The van der Waals surface area contributed by atoms with E-state index in [9.17, 15) is 18.0 Å². The van der Waals surface area contributed by atoms with Crippen LogP contribution in [0.3, 0.4) is 0 Å². The smallest absolute Gasteiger partial charge is 0.329 e. The number of nitrogens with zero attached hydrogens (tertiary/aromatic N) is 2. The summed E-state index contributed by atoms with van der Waals surface area (Å²) in [5.41, 5.74) is 13.5. The number of hydrogen-bond donors (Lipinski definition) is 2. The van der Waals surface area contributed by atoms with Gasteiger partial charge in [-0.3, -0.25) is 10.6 Å². The lowest BCUT2D eigenvalue weighted by molar-refractivity contribution is -0.204. The summed E-state index contributed by atoms with van der Waals surface area (Å²) in [6.07, 6.45) is -6.95. The second-order valence-electron chi connectivity index (χ2n) is 5.48. The van der Waals surface area contributed by atoms with E-state index in [2.05, 4.69) is 4.84 Å². The lowest BCUT2D eigenvalue weighted by atomic mass is 10.0. The Morgan fingerprint density at radius 1 is 1.28 bits per heavy atom. The fourth-order valence-electron chi connectivity index (χ4n) is 2.52. The normalized spacial score (nSPS) is 21.1. The maximum atomic E-state index is 12.6. The summed E-state index contributed by atoms with van der Waals surface area (Å²) in [5, 5.41) is 2.62. The van der Waals surface area contributed by atoms with Gasteiger partial charge >= 0.3 is 12.1 Å². The molecule has 1 aliphatic rings. The predicted octanol–water partition coefficient (Wildman–Crippen LogP) is 2.39. The first-order valence-corrected chi connectivity index (χ1v) is 8.07. The maximum absolute atomic E-state index is 12.6. The van der Waals surface area contributed by atoms with Gasteiger partial charge in [-0.1, -0.05) is 18.2 Å². The zero-order valence-corrected chi connectivity index (χ0v) is 13.8. The molecule has 4 N–H and O–H groups in total. The molecule has 0 amide bonds. The van der Waals surface area contributed by atoms with Crippen LogP contribution in [0.1, 0.15) is 11.7 Å². The van der Waals surface area contributed by atoms with Crippen molar-refractivity contribution in [2.45, 2.75) is 18.6 Å². The molecule has 0 aliphatic carbocycles. The van der Waals surface area contributed by atoms with Crippen LogP contribution in [0.5, 0.6) is 0 Å². The zero-order valence-electron chi connectivity index (χ0n) is 13.0. The van der Waals surface area contributed by atoms with Crippen molar-refractivity contribution in [2.24, 2.45) is 11.5 Å². The van der Waals surface area contributed by atoms with Gasteiger partial charge in [0.1, 0.15) is 0 Å². The van der Waals surface area contributed by atoms with E-state index in [4.69, 9.17) is 11.5 Å². The Labute approximate surface area is 145 Å². The van der Waals surface area contributed by atoms with E-state index in [-0.39, 0.29) is 5.69 Å². The molecular formula is C15H15F3N4O2S. The molecule has 2 heterocycles. The van der Waals surface area contributed by atoms with Crippen molar-refractivity contribution in [1.29, 1.82) is 0 Å². The van der Waals surface area contributed by atoms with E-state index in [1.165, 1.54) is 23.3 Å². The monoisotopic (exact) mass is 372 g/mol. The molecule has 1 aromatic heterocycles. The number of hydrogen-bond acceptors (Lipinski definition) is 7. The number of benzene rings is 1. The van der Waals surface area contributed by atoms with Crippen LogP contribution in [-0.2, 0) is 9.63 Å².